The van der Waals surface area contributed by atoms with E-state index < -0.39 is 60.2 Å². The normalized spacial score (nSPS) is 17.6. The van der Waals surface area contributed by atoms with E-state index in [1.54, 1.807) is 12.1 Å². The number of nitrogens with two attached hydrogens (primary N) is 1. The third-order valence-corrected chi connectivity index (χ3v) is 6.43. The van der Waals surface area contributed by atoms with E-state index in [4.69, 9.17) is 10.8 Å². The zero-order valence-electron chi connectivity index (χ0n) is 19.9. The number of thioether (sulfide) groups is 1. The van der Waals surface area contributed by atoms with Gasteiger partial charge in [0.1, 0.15) is 23.9 Å². The number of nitrogens with one attached hydrogen (secondary N) is 2. The van der Waals surface area contributed by atoms with E-state index in [9.17, 15) is 34.2 Å². The van der Waals surface area contributed by atoms with Crippen molar-refractivity contribution < 1.29 is 39.3 Å². The van der Waals surface area contributed by atoms with Crippen LogP contribution in [0.4, 0.5) is 0 Å². The lowest BCUT2D eigenvalue weighted by molar-refractivity contribution is -0.148. The highest BCUT2D eigenvalue weighted by Crippen LogP contribution is 2.20. The molecule has 3 amide bonds. The first-order chi connectivity index (χ1) is 17.0. The van der Waals surface area contributed by atoms with Crippen molar-refractivity contribution in [1.82, 2.24) is 15.5 Å². The number of carbonyl (C=O) groups is 5. The van der Waals surface area contributed by atoms with Gasteiger partial charge in [-0.1, -0.05) is 12.1 Å². The van der Waals surface area contributed by atoms with Crippen LogP contribution in [0.3, 0.4) is 0 Å². The molecule has 1 fully saturated rings. The standard InChI is InChI=1S/C23H32N4O8S/c1-36-10-8-16(25-20(31)15(24)11-13-4-6-14(28)7-5-13)22(33)27-9-2-3-18(27)21(32)26-17(23(34)35)12-19(29)30/h4-7,15-18,28H,2-3,8-12,24H2,1H3,(H,25,31)(H,26,32)(H,29,30)(H,34,35). The molecule has 198 valence electrons. The van der Waals surface area contributed by atoms with E-state index in [1.165, 1.54) is 28.8 Å². The molecule has 1 saturated heterocycles. The summed E-state index contributed by atoms with van der Waals surface area (Å²) in [7, 11) is 0. The van der Waals surface area contributed by atoms with Crippen molar-refractivity contribution in [3.05, 3.63) is 29.8 Å². The molecule has 4 atom stereocenters. The highest BCUT2D eigenvalue weighted by atomic mass is 32.2. The highest BCUT2D eigenvalue weighted by Gasteiger charge is 2.39. The number of hydrogen-bond donors (Lipinski definition) is 6. The Labute approximate surface area is 212 Å². The van der Waals surface area contributed by atoms with Crippen LogP contribution < -0.4 is 16.4 Å². The van der Waals surface area contributed by atoms with Gasteiger partial charge in [0.2, 0.25) is 17.7 Å². The maximum Gasteiger partial charge on any atom is 0.326 e. The van der Waals surface area contributed by atoms with Gasteiger partial charge in [-0.2, -0.15) is 11.8 Å². The van der Waals surface area contributed by atoms with Crippen LogP contribution in [0.2, 0.25) is 0 Å². The quantitative estimate of drug-likeness (QED) is 0.196. The Kier molecular flexibility index (Phi) is 11.0. The predicted molar refractivity (Wildman–Crippen MR) is 131 cm³/mol. The van der Waals surface area contributed by atoms with Crippen molar-refractivity contribution in [2.75, 3.05) is 18.6 Å². The van der Waals surface area contributed by atoms with Crippen LogP contribution >= 0.6 is 11.8 Å². The van der Waals surface area contributed by atoms with Gasteiger partial charge in [0.25, 0.3) is 0 Å². The number of phenolic OH excluding ortho intramolecular Hbond substituents is 1. The van der Waals surface area contributed by atoms with Crippen LogP contribution in [0.1, 0.15) is 31.2 Å². The Balaban J connectivity index is 2.09. The number of benzene rings is 1. The average Bonchev–Trinajstić information content (AvgIpc) is 3.32. The largest absolute Gasteiger partial charge is 0.508 e. The van der Waals surface area contributed by atoms with E-state index in [0.717, 1.165) is 5.56 Å². The lowest BCUT2D eigenvalue weighted by Crippen LogP contribution is -2.57. The molecule has 4 unspecified atom stereocenters. The summed E-state index contributed by atoms with van der Waals surface area (Å²) in [6.07, 6.45) is 2.29. The van der Waals surface area contributed by atoms with Crippen LogP contribution in [-0.2, 0) is 30.4 Å². The molecule has 0 aliphatic carbocycles. The monoisotopic (exact) mass is 524 g/mol. The van der Waals surface area contributed by atoms with Crippen LogP contribution in [0.15, 0.2) is 24.3 Å². The number of carboxylic acids is 2. The summed E-state index contributed by atoms with van der Waals surface area (Å²) in [6, 6.07) is 1.73. The zero-order chi connectivity index (χ0) is 26.8. The molecular formula is C23H32N4O8S. The first-order valence-corrected chi connectivity index (χ1v) is 12.8. The van der Waals surface area contributed by atoms with Crippen LogP contribution in [-0.4, -0.2) is 92.6 Å². The third-order valence-electron chi connectivity index (χ3n) is 5.79. The summed E-state index contributed by atoms with van der Waals surface area (Å²) in [4.78, 5) is 62.5. The van der Waals surface area contributed by atoms with Gasteiger partial charge in [-0.25, -0.2) is 4.79 Å². The fourth-order valence-electron chi connectivity index (χ4n) is 3.90. The molecule has 0 radical (unpaired) electrons. The number of hydrogen-bond acceptors (Lipinski definition) is 8. The van der Waals surface area contributed by atoms with Gasteiger partial charge in [0, 0.05) is 6.54 Å². The molecule has 1 aromatic rings. The molecular weight excluding hydrogens is 492 g/mol. The van der Waals surface area contributed by atoms with Crippen molar-refractivity contribution in [3.8, 4) is 5.75 Å². The summed E-state index contributed by atoms with van der Waals surface area (Å²) in [6.45, 7) is 0.235. The minimum absolute atomic E-state index is 0.0846. The molecule has 0 saturated carbocycles. The Bertz CT molecular complexity index is 958. The van der Waals surface area contributed by atoms with Crippen molar-refractivity contribution in [2.24, 2.45) is 5.73 Å². The fraction of sp³-hybridized carbons (Fsp3) is 0.522. The molecule has 12 nitrogen and oxygen atoms in total. The van der Waals surface area contributed by atoms with Crippen LogP contribution in [0.5, 0.6) is 5.75 Å². The number of nitrogens with zero attached hydrogens (tertiary/aromatic N) is 1. The molecule has 2 rings (SSSR count). The van der Waals surface area contributed by atoms with E-state index in [-0.39, 0.29) is 25.1 Å². The second-order valence-corrected chi connectivity index (χ2v) is 9.49. The van der Waals surface area contributed by atoms with Crippen LogP contribution in [0, 0.1) is 0 Å². The fourth-order valence-corrected chi connectivity index (χ4v) is 4.37. The number of likely N-dealkylation sites (tertiary alicyclic amines) is 1. The lowest BCUT2D eigenvalue weighted by atomic mass is 10.0. The molecule has 1 aliphatic heterocycles. The Morgan fingerprint density at radius 1 is 1.11 bits per heavy atom. The second-order valence-electron chi connectivity index (χ2n) is 8.51. The van der Waals surface area contributed by atoms with Crippen molar-refractivity contribution in [1.29, 1.82) is 0 Å². The number of amides is 3. The van der Waals surface area contributed by atoms with Crippen molar-refractivity contribution in [3.63, 3.8) is 0 Å². The minimum atomic E-state index is -1.63. The number of aromatic hydroxyl groups is 1. The van der Waals surface area contributed by atoms with Gasteiger partial charge in [-0.3, -0.25) is 19.2 Å². The summed E-state index contributed by atoms with van der Waals surface area (Å²) in [5.41, 5.74) is 6.77. The SMILES string of the molecule is CSCCC(NC(=O)C(N)Cc1ccc(O)cc1)C(=O)N1CCCC1C(=O)NC(CC(=O)O)C(=O)O. The predicted octanol–water partition coefficient (Wildman–Crippen LogP) is -0.465. The summed E-state index contributed by atoms with van der Waals surface area (Å²) in [5, 5.41) is 32.4. The molecule has 1 aromatic carbocycles. The number of carboxylic acid groups (broad SMARTS) is 2. The van der Waals surface area contributed by atoms with Gasteiger partial charge < -0.3 is 36.6 Å². The second kappa shape index (κ2) is 13.7. The highest BCUT2D eigenvalue weighted by molar-refractivity contribution is 7.98. The summed E-state index contributed by atoms with van der Waals surface area (Å²) in [5.74, 6) is -4.03. The maximum absolute atomic E-state index is 13.4. The van der Waals surface area contributed by atoms with Crippen molar-refractivity contribution in [2.45, 2.75) is 56.3 Å². The topological polar surface area (TPSA) is 199 Å². The van der Waals surface area contributed by atoms with Gasteiger partial charge >= 0.3 is 11.9 Å². The Morgan fingerprint density at radius 3 is 2.36 bits per heavy atom. The third kappa shape index (κ3) is 8.41. The van der Waals surface area contributed by atoms with Crippen LogP contribution in [0.25, 0.3) is 0 Å². The van der Waals surface area contributed by atoms with E-state index in [0.29, 0.717) is 18.6 Å². The first-order valence-electron chi connectivity index (χ1n) is 11.4. The maximum atomic E-state index is 13.4. The summed E-state index contributed by atoms with van der Waals surface area (Å²) < 4.78 is 0. The Morgan fingerprint density at radius 2 is 1.78 bits per heavy atom. The molecule has 0 spiro atoms. The van der Waals surface area contributed by atoms with E-state index >= 15 is 0 Å². The molecule has 36 heavy (non-hydrogen) atoms. The van der Waals surface area contributed by atoms with Gasteiger partial charge in [-0.15, -0.1) is 0 Å². The average molecular weight is 525 g/mol. The number of rotatable bonds is 13. The smallest absolute Gasteiger partial charge is 0.326 e. The van der Waals surface area contributed by atoms with Gasteiger partial charge in [0.15, 0.2) is 0 Å². The minimum Gasteiger partial charge on any atom is -0.508 e. The zero-order valence-corrected chi connectivity index (χ0v) is 20.7. The number of carbonyl (C=O) groups excluding carboxylic acids is 3. The molecule has 0 aromatic heterocycles. The number of aliphatic carboxylic acids is 2. The van der Waals surface area contributed by atoms with E-state index in [2.05, 4.69) is 10.6 Å². The molecule has 1 aliphatic rings. The number of phenols is 1. The Hall–Kier alpha value is -3.32. The molecule has 0 bridgehead atoms. The lowest BCUT2D eigenvalue weighted by Gasteiger charge is -2.30. The van der Waals surface area contributed by atoms with Gasteiger partial charge in [0.05, 0.1) is 12.5 Å². The molecule has 1 heterocycles. The van der Waals surface area contributed by atoms with E-state index in [1.807, 2.05) is 6.26 Å². The van der Waals surface area contributed by atoms with Gasteiger partial charge in [-0.05, 0) is 55.4 Å². The molecule has 13 heteroatoms. The molecule has 7 N–H and O–H groups in total. The summed E-state index contributed by atoms with van der Waals surface area (Å²) >= 11 is 1.48. The first kappa shape index (κ1) is 28.9. The van der Waals surface area contributed by atoms with Crippen molar-refractivity contribution >= 4 is 41.4 Å².